The summed E-state index contributed by atoms with van der Waals surface area (Å²) in [4.78, 5) is 12.3. The predicted octanol–water partition coefficient (Wildman–Crippen LogP) is 6.16. The van der Waals surface area contributed by atoms with Crippen molar-refractivity contribution in [3.8, 4) is 28.7 Å². The molecule has 0 saturated heterocycles. The molecule has 4 aromatic carbocycles. The number of hydrogen-bond donors (Lipinski definition) is 1. The third kappa shape index (κ3) is 5.37. The van der Waals surface area contributed by atoms with Gasteiger partial charge in [0.05, 0.1) is 6.54 Å². The number of rotatable bonds is 6. The number of fused-ring (bicyclic) bond motifs is 3. The normalized spacial score (nSPS) is 11.5. The fourth-order valence-electron chi connectivity index (χ4n) is 4.32. The van der Waals surface area contributed by atoms with Crippen molar-refractivity contribution in [3.05, 3.63) is 125 Å². The summed E-state index contributed by atoms with van der Waals surface area (Å²) in [6.07, 6.45) is -0.471. The van der Waals surface area contributed by atoms with E-state index in [9.17, 15) is 4.79 Å². The summed E-state index contributed by atoms with van der Waals surface area (Å²) in [6, 6.07) is 34.2. The maximum atomic E-state index is 12.3. The van der Waals surface area contributed by atoms with Crippen molar-refractivity contribution < 1.29 is 14.3 Å². The molecule has 1 amide bonds. The molecule has 0 heterocycles. The van der Waals surface area contributed by atoms with Gasteiger partial charge in [-0.05, 0) is 46.0 Å². The third-order valence-corrected chi connectivity index (χ3v) is 5.98. The first-order valence-corrected chi connectivity index (χ1v) is 11.6. The predicted molar refractivity (Wildman–Crippen MR) is 137 cm³/mol. The molecule has 4 nitrogen and oxygen atoms in total. The van der Waals surface area contributed by atoms with Crippen molar-refractivity contribution in [1.82, 2.24) is 5.32 Å². The zero-order valence-corrected chi connectivity index (χ0v) is 19.2. The van der Waals surface area contributed by atoms with Crippen LogP contribution in [0.3, 0.4) is 0 Å². The van der Waals surface area contributed by atoms with Gasteiger partial charge in [-0.25, -0.2) is 4.79 Å². The molecule has 172 valence electrons. The number of alkyl carbamates (subject to hydrolysis) is 1. The second-order valence-corrected chi connectivity index (χ2v) is 8.28. The molecule has 4 aromatic rings. The van der Waals surface area contributed by atoms with Gasteiger partial charge in [-0.15, -0.1) is 0 Å². The minimum absolute atomic E-state index is 0.0397. The molecule has 1 aliphatic rings. The summed E-state index contributed by atoms with van der Waals surface area (Å²) >= 11 is 0. The van der Waals surface area contributed by atoms with Crippen LogP contribution >= 0.6 is 0 Å². The monoisotopic (exact) mass is 459 g/mol. The molecule has 0 spiro atoms. The summed E-state index contributed by atoms with van der Waals surface area (Å²) < 4.78 is 11.4. The van der Waals surface area contributed by atoms with E-state index >= 15 is 0 Å². The smallest absolute Gasteiger partial charge is 0.407 e. The largest absolute Gasteiger partial charge is 0.489 e. The van der Waals surface area contributed by atoms with E-state index in [0.717, 1.165) is 16.9 Å². The number of amides is 1. The maximum Gasteiger partial charge on any atom is 0.407 e. The first kappa shape index (κ1) is 22.3. The van der Waals surface area contributed by atoms with Crippen LogP contribution in [0.2, 0.25) is 0 Å². The Bertz CT molecular complexity index is 1340. The van der Waals surface area contributed by atoms with Crippen molar-refractivity contribution in [1.29, 1.82) is 0 Å². The number of carbonyl (C=O) groups excluding carboxylic acids is 1. The Hall–Kier alpha value is -4.49. The minimum atomic E-state index is -0.471. The summed E-state index contributed by atoms with van der Waals surface area (Å²) in [5.74, 6) is 6.83. The summed E-state index contributed by atoms with van der Waals surface area (Å²) in [5, 5.41) is 2.72. The lowest BCUT2D eigenvalue weighted by Crippen LogP contribution is -2.26. The van der Waals surface area contributed by atoms with Crippen LogP contribution in [-0.2, 0) is 11.3 Å². The van der Waals surface area contributed by atoms with Gasteiger partial charge in [0.15, 0.2) is 0 Å². The molecule has 1 aliphatic carbocycles. The van der Waals surface area contributed by atoms with Crippen molar-refractivity contribution in [2.75, 3.05) is 13.2 Å². The van der Waals surface area contributed by atoms with Crippen LogP contribution in [0.25, 0.3) is 11.1 Å². The van der Waals surface area contributed by atoms with Crippen LogP contribution in [0.4, 0.5) is 4.79 Å². The van der Waals surface area contributed by atoms with Crippen LogP contribution in [0.5, 0.6) is 5.75 Å². The van der Waals surface area contributed by atoms with Gasteiger partial charge >= 0.3 is 6.09 Å². The van der Waals surface area contributed by atoms with E-state index in [2.05, 4.69) is 41.4 Å². The van der Waals surface area contributed by atoms with Gasteiger partial charge < -0.3 is 14.8 Å². The Morgan fingerprint density at radius 2 is 1.49 bits per heavy atom. The van der Waals surface area contributed by atoms with E-state index in [-0.39, 0.29) is 19.1 Å². The lowest BCUT2D eigenvalue weighted by atomic mass is 9.98. The molecule has 0 atom stereocenters. The average molecular weight is 460 g/mol. The van der Waals surface area contributed by atoms with E-state index < -0.39 is 6.09 Å². The number of nitrogens with one attached hydrogen (secondary N) is 1. The van der Waals surface area contributed by atoms with E-state index in [1.165, 1.54) is 22.3 Å². The summed E-state index contributed by atoms with van der Waals surface area (Å²) in [5.41, 5.74) is 6.73. The van der Waals surface area contributed by atoms with Crippen LogP contribution in [0.15, 0.2) is 103 Å². The molecule has 0 fully saturated rings. The lowest BCUT2D eigenvalue weighted by molar-refractivity contribution is 0.144. The minimum Gasteiger partial charge on any atom is -0.489 e. The number of carbonyl (C=O) groups is 1. The lowest BCUT2D eigenvalue weighted by Gasteiger charge is -2.14. The highest BCUT2D eigenvalue weighted by Gasteiger charge is 2.28. The molecule has 5 rings (SSSR count). The number of benzene rings is 4. The molecular formula is C31H25NO3. The fraction of sp³-hybridized carbons (Fsp3) is 0.129. The van der Waals surface area contributed by atoms with E-state index in [1.807, 2.05) is 78.9 Å². The SMILES string of the molecule is O=C(NCC#Cc1cccc(OCc2ccccc2)c1)OCC1c2ccccc2-c2ccccc21. The second kappa shape index (κ2) is 10.6. The molecule has 0 aromatic heterocycles. The molecule has 35 heavy (non-hydrogen) atoms. The van der Waals surface area contributed by atoms with Gasteiger partial charge in [-0.3, -0.25) is 0 Å². The molecule has 0 saturated carbocycles. The first-order valence-electron chi connectivity index (χ1n) is 11.6. The maximum absolute atomic E-state index is 12.3. The molecule has 1 N–H and O–H groups in total. The quantitative estimate of drug-likeness (QED) is 0.352. The molecule has 4 heteroatoms. The van der Waals surface area contributed by atoms with Crippen LogP contribution in [0.1, 0.15) is 28.2 Å². The van der Waals surface area contributed by atoms with Crippen LogP contribution < -0.4 is 10.1 Å². The van der Waals surface area contributed by atoms with Crippen molar-refractivity contribution in [2.45, 2.75) is 12.5 Å². The van der Waals surface area contributed by atoms with Crippen LogP contribution in [0, 0.1) is 11.8 Å². The Labute approximate surface area is 205 Å². The molecular weight excluding hydrogens is 434 g/mol. The standard InChI is InChI=1S/C31H25NO3/c33-31(35-22-30-28-17-6-4-15-26(28)27-16-5-7-18-29(27)30)32-19-9-13-23-12-8-14-25(20-23)34-21-24-10-2-1-3-11-24/h1-8,10-12,14-18,20,30H,19,21-22H2,(H,32,33). The van der Waals surface area contributed by atoms with Gasteiger partial charge in [0, 0.05) is 11.5 Å². The van der Waals surface area contributed by atoms with Crippen LogP contribution in [-0.4, -0.2) is 19.2 Å². The Morgan fingerprint density at radius 3 is 2.23 bits per heavy atom. The molecule has 0 unspecified atom stereocenters. The summed E-state index contributed by atoms with van der Waals surface area (Å²) in [7, 11) is 0. The van der Waals surface area contributed by atoms with E-state index in [1.54, 1.807) is 0 Å². The van der Waals surface area contributed by atoms with E-state index in [0.29, 0.717) is 6.61 Å². The highest BCUT2D eigenvalue weighted by atomic mass is 16.5. The molecule has 0 bridgehead atoms. The van der Waals surface area contributed by atoms with Crippen molar-refractivity contribution in [3.63, 3.8) is 0 Å². The molecule has 0 aliphatic heterocycles. The highest BCUT2D eigenvalue weighted by Crippen LogP contribution is 2.44. The Balaban J connectivity index is 1.12. The van der Waals surface area contributed by atoms with Gasteiger partial charge in [0.1, 0.15) is 19.0 Å². The number of ether oxygens (including phenoxy) is 2. The van der Waals surface area contributed by atoms with Gasteiger partial charge in [0.2, 0.25) is 0 Å². The topological polar surface area (TPSA) is 47.6 Å². The fourth-order valence-corrected chi connectivity index (χ4v) is 4.32. The van der Waals surface area contributed by atoms with Gasteiger partial charge in [0.25, 0.3) is 0 Å². The van der Waals surface area contributed by atoms with Gasteiger partial charge in [-0.1, -0.05) is 96.8 Å². The zero-order valence-electron chi connectivity index (χ0n) is 19.2. The number of hydrogen-bond acceptors (Lipinski definition) is 3. The van der Waals surface area contributed by atoms with Gasteiger partial charge in [-0.2, -0.15) is 0 Å². The zero-order chi connectivity index (χ0) is 23.9. The highest BCUT2D eigenvalue weighted by molar-refractivity contribution is 5.79. The first-order chi connectivity index (χ1) is 17.3. The second-order valence-electron chi connectivity index (χ2n) is 8.28. The van der Waals surface area contributed by atoms with Crippen molar-refractivity contribution in [2.24, 2.45) is 0 Å². The van der Waals surface area contributed by atoms with Crippen molar-refractivity contribution >= 4 is 6.09 Å². The summed E-state index contributed by atoms with van der Waals surface area (Å²) in [6.45, 7) is 0.987. The van der Waals surface area contributed by atoms with E-state index in [4.69, 9.17) is 9.47 Å². The Morgan fingerprint density at radius 1 is 0.800 bits per heavy atom. The average Bonchev–Trinajstić information content (AvgIpc) is 3.23. The third-order valence-electron chi connectivity index (χ3n) is 5.98. The Kier molecular flexibility index (Phi) is 6.77. The molecule has 0 radical (unpaired) electrons.